The third-order valence-electron chi connectivity index (χ3n) is 8.50. The Hall–Kier alpha value is -4.09. The average Bonchev–Trinajstić information content (AvgIpc) is 3.10. The molecule has 2 unspecified atom stereocenters. The van der Waals surface area contributed by atoms with Gasteiger partial charge in [0.2, 0.25) is 0 Å². The van der Waals surface area contributed by atoms with Crippen LogP contribution < -0.4 is 4.74 Å². The Balaban J connectivity index is 1.05. The van der Waals surface area contributed by atoms with Gasteiger partial charge in [0.05, 0.1) is 25.9 Å². The molecule has 0 saturated heterocycles. The van der Waals surface area contributed by atoms with Crippen molar-refractivity contribution in [1.82, 2.24) is 0 Å². The summed E-state index contributed by atoms with van der Waals surface area (Å²) in [5.74, 6) is -10.0. The molecule has 56 heavy (non-hydrogen) atoms. The molecule has 3 aromatic carbocycles. The van der Waals surface area contributed by atoms with E-state index in [1.807, 2.05) is 0 Å². The number of benzene rings is 3. The van der Waals surface area contributed by atoms with E-state index in [0.717, 1.165) is 18.2 Å². The fraction of sp³-hybridized carbons (Fsp3) is 0.436. The summed E-state index contributed by atoms with van der Waals surface area (Å²) in [7, 11) is 0. The summed E-state index contributed by atoms with van der Waals surface area (Å²) >= 11 is 0. The lowest BCUT2D eigenvalue weighted by atomic mass is 9.97. The van der Waals surface area contributed by atoms with Crippen LogP contribution in [-0.4, -0.2) is 45.0 Å². The summed E-state index contributed by atoms with van der Waals surface area (Å²) in [6.07, 6.45) is -6.64. The lowest BCUT2D eigenvalue weighted by molar-refractivity contribution is -0.310. The molecule has 308 valence electrons. The van der Waals surface area contributed by atoms with Crippen LogP contribution in [0.1, 0.15) is 68.9 Å². The van der Waals surface area contributed by atoms with E-state index in [1.165, 1.54) is 12.1 Å². The van der Waals surface area contributed by atoms with Gasteiger partial charge in [-0.3, -0.25) is 0 Å². The quantitative estimate of drug-likeness (QED) is 0.0493. The van der Waals surface area contributed by atoms with Gasteiger partial charge in [-0.15, -0.1) is 0 Å². The number of ether oxygens (including phenoxy) is 4. The van der Waals surface area contributed by atoms with Crippen molar-refractivity contribution in [2.24, 2.45) is 0 Å². The van der Waals surface area contributed by atoms with E-state index >= 15 is 0 Å². The molecule has 0 heterocycles. The number of hydrogen-bond acceptors (Lipinski definition) is 4. The number of allylic oxidation sites excluding steroid dienone is 2. The Bertz CT molecular complexity index is 1780. The molecule has 0 saturated carbocycles. The Kier molecular flexibility index (Phi) is 16.2. The first-order valence-electron chi connectivity index (χ1n) is 17.6. The lowest BCUT2D eigenvalue weighted by Gasteiger charge is -2.21. The lowest BCUT2D eigenvalue weighted by Crippen LogP contribution is -2.35. The van der Waals surface area contributed by atoms with Gasteiger partial charge in [0.25, 0.3) is 6.29 Å². The first-order chi connectivity index (χ1) is 26.5. The summed E-state index contributed by atoms with van der Waals surface area (Å²) in [4.78, 5) is 0. The number of halogens is 13. The highest BCUT2D eigenvalue weighted by molar-refractivity contribution is 5.78. The normalized spacial score (nSPS) is 15.5. The van der Waals surface area contributed by atoms with E-state index in [2.05, 4.69) is 0 Å². The van der Waals surface area contributed by atoms with Gasteiger partial charge in [-0.2, -0.15) is 26.3 Å². The third kappa shape index (κ3) is 13.0. The summed E-state index contributed by atoms with van der Waals surface area (Å²) < 4.78 is 197. The summed E-state index contributed by atoms with van der Waals surface area (Å²) in [5.41, 5.74) is -3.09. The predicted octanol–water partition coefficient (Wildman–Crippen LogP) is 12.4. The fourth-order valence-corrected chi connectivity index (χ4v) is 5.71. The molecular formula is C39H37F13O4. The molecule has 4 nitrogen and oxygen atoms in total. The Morgan fingerprint density at radius 2 is 1.12 bits per heavy atom. The van der Waals surface area contributed by atoms with Crippen molar-refractivity contribution in [3.05, 3.63) is 106 Å². The van der Waals surface area contributed by atoms with Crippen molar-refractivity contribution in [3.8, 4) is 16.9 Å². The number of alkyl halides is 6. The minimum absolute atomic E-state index is 0.0482. The van der Waals surface area contributed by atoms with Crippen LogP contribution in [0.5, 0.6) is 5.75 Å². The molecule has 0 radical (unpaired) electrons. The van der Waals surface area contributed by atoms with Gasteiger partial charge in [0, 0.05) is 23.8 Å². The summed E-state index contributed by atoms with van der Waals surface area (Å²) in [6.45, 7) is -0.115. The van der Waals surface area contributed by atoms with E-state index in [9.17, 15) is 57.1 Å². The van der Waals surface area contributed by atoms with E-state index < -0.39 is 76.6 Å². The zero-order valence-electron chi connectivity index (χ0n) is 29.6. The predicted molar refractivity (Wildman–Crippen MR) is 179 cm³/mol. The Morgan fingerprint density at radius 3 is 1.64 bits per heavy atom. The summed E-state index contributed by atoms with van der Waals surface area (Å²) in [6, 6.07) is 5.45. The third-order valence-corrected chi connectivity index (χ3v) is 8.50. The van der Waals surface area contributed by atoms with Gasteiger partial charge in [-0.05, 0) is 92.1 Å². The van der Waals surface area contributed by atoms with Crippen LogP contribution in [-0.2, 0) is 20.4 Å². The van der Waals surface area contributed by atoms with Crippen molar-refractivity contribution in [3.63, 3.8) is 0 Å². The van der Waals surface area contributed by atoms with Crippen LogP contribution in [0.25, 0.3) is 16.7 Å². The second-order valence-electron chi connectivity index (χ2n) is 12.8. The standard InChI is InChI=1S/C39H37F13O4/c40-29-21-25(9-11-27(29)23-17-31(42)35(32(43)18-23)38(47,48)49)53-13-5-1-3-7-15-55-37(39(50,51)52)56-16-8-4-2-6-14-54-26-10-12-28(30(41)22-26)24-19-33(44)36(46)34(45)20-24/h9,11-12,17-22,26,37H,1-8,10,13-16H2. The fourth-order valence-electron chi connectivity index (χ4n) is 5.71. The van der Waals surface area contributed by atoms with Crippen molar-refractivity contribution in [1.29, 1.82) is 0 Å². The van der Waals surface area contributed by atoms with Crippen LogP contribution in [0.15, 0.2) is 60.4 Å². The maximum Gasteiger partial charge on any atom is 0.440 e. The number of unbranched alkanes of at least 4 members (excludes halogenated alkanes) is 6. The topological polar surface area (TPSA) is 36.9 Å². The van der Waals surface area contributed by atoms with Crippen molar-refractivity contribution >= 4 is 5.57 Å². The zero-order valence-corrected chi connectivity index (χ0v) is 29.6. The molecule has 2 atom stereocenters. The second-order valence-corrected chi connectivity index (χ2v) is 12.8. The van der Waals surface area contributed by atoms with Crippen LogP contribution >= 0.6 is 0 Å². The van der Waals surface area contributed by atoms with Crippen LogP contribution in [0.3, 0.4) is 0 Å². The molecule has 0 amide bonds. The average molecular weight is 817 g/mol. The molecule has 1 aliphatic carbocycles. The maximum absolute atomic E-state index is 14.6. The van der Waals surface area contributed by atoms with E-state index in [4.69, 9.17) is 18.9 Å². The zero-order chi connectivity index (χ0) is 41.0. The van der Waals surface area contributed by atoms with E-state index in [-0.39, 0.29) is 61.7 Å². The number of rotatable bonds is 20. The van der Waals surface area contributed by atoms with Crippen LogP contribution in [0, 0.1) is 34.9 Å². The number of hydrogen-bond donors (Lipinski definition) is 0. The molecule has 3 aromatic rings. The smallest absolute Gasteiger partial charge is 0.440 e. The van der Waals surface area contributed by atoms with Crippen molar-refractivity contribution in [2.75, 3.05) is 26.4 Å². The molecule has 4 rings (SSSR count). The van der Waals surface area contributed by atoms with E-state index in [0.29, 0.717) is 69.2 Å². The molecule has 1 aliphatic rings. The minimum Gasteiger partial charge on any atom is -0.493 e. The van der Waals surface area contributed by atoms with Gasteiger partial charge in [-0.1, -0.05) is 25.3 Å². The molecule has 0 aromatic heterocycles. The van der Waals surface area contributed by atoms with Gasteiger partial charge >= 0.3 is 12.4 Å². The SMILES string of the molecule is FC1=CC(OCCCCCCOC(OCCCCCCOc2ccc(-c3cc(F)c(C(F)(F)F)c(F)c3)c(F)c2)C(F)(F)F)CC=C1c1cc(F)c(F)c(F)c1. The van der Waals surface area contributed by atoms with Crippen molar-refractivity contribution in [2.45, 2.75) is 82.5 Å². The Morgan fingerprint density at radius 1 is 0.589 bits per heavy atom. The molecule has 0 spiro atoms. The Labute approximate surface area is 313 Å². The minimum atomic E-state index is -5.27. The van der Waals surface area contributed by atoms with Gasteiger partial charge in [0.15, 0.2) is 17.5 Å². The molecular weight excluding hydrogens is 779 g/mol. The molecule has 0 bridgehead atoms. The van der Waals surface area contributed by atoms with Gasteiger partial charge < -0.3 is 18.9 Å². The molecule has 0 N–H and O–H groups in total. The largest absolute Gasteiger partial charge is 0.493 e. The first kappa shape index (κ1) is 44.6. The summed E-state index contributed by atoms with van der Waals surface area (Å²) in [5, 5.41) is 0. The maximum atomic E-state index is 14.6. The van der Waals surface area contributed by atoms with Crippen LogP contribution in [0.2, 0.25) is 0 Å². The van der Waals surface area contributed by atoms with Crippen molar-refractivity contribution < 1.29 is 76.0 Å². The highest BCUT2D eigenvalue weighted by atomic mass is 19.4. The van der Waals surface area contributed by atoms with E-state index in [1.54, 1.807) is 0 Å². The molecule has 17 heteroatoms. The second kappa shape index (κ2) is 20.4. The highest BCUT2D eigenvalue weighted by Gasteiger charge is 2.42. The monoisotopic (exact) mass is 816 g/mol. The highest BCUT2D eigenvalue weighted by Crippen LogP contribution is 2.37. The van der Waals surface area contributed by atoms with Gasteiger partial charge in [0.1, 0.15) is 34.6 Å². The van der Waals surface area contributed by atoms with Gasteiger partial charge in [-0.25, -0.2) is 30.7 Å². The molecule has 0 fully saturated rings. The van der Waals surface area contributed by atoms with Crippen LogP contribution in [0.4, 0.5) is 57.1 Å². The molecule has 0 aliphatic heterocycles. The first-order valence-corrected chi connectivity index (χ1v) is 17.6.